The summed E-state index contributed by atoms with van der Waals surface area (Å²) in [7, 11) is 0. The fraction of sp³-hybridized carbons (Fsp3) is 0.571. The van der Waals surface area contributed by atoms with E-state index in [1.54, 1.807) is 0 Å². The van der Waals surface area contributed by atoms with Crippen LogP contribution in [0.3, 0.4) is 0 Å². The minimum Gasteiger partial charge on any atom is -0.397 e. The summed E-state index contributed by atoms with van der Waals surface area (Å²) in [5.41, 5.74) is 14.3. The molecule has 3 heteroatoms. The second-order valence-corrected chi connectivity index (χ2v) is 5.77. The molecule has 0 radical (unpaired) electrons. The van der Waals surface area contributed by atoms with Gasteiger partial charge in [0, 0.05) is 11.7 Å². The van der Waals surface area contributed by atoms with Crippen molar-refractivity contribution in [2.75, 3.05) is 16.8 Å². The summed E-state index contributed by atoms with van der Waals surface area (Å²) >= 11 is 0. The number of hydrogen-bond acceptors (Lipinski definition) is 3. The Balaban J connectivity index is 2.11. The van der Waals surface area contributed by atoms with Gasteiger partial charge in [0.2, 0.25) is 0 Å². The largest absolute Gasteiger partial charge is 0.397 e. The van der Waals surface area contributed by atoms with Crippen LogP contribution >= 0.6 is 0 Å². The number of nitrogens with two attached hydrogens (primary N) is 2. The second kappa shape index (κ2) is 4.47. The molecule has 2 rings (SSSR count). The molecule has 0 bridgehead atoms. The highest BCUT2D eigenvalue weighted by molar-refractivity contribution is 5.69. The molecule has 1 aliphatic carbocycles. The summed E-state index contributed by atoms with van der Waals surface area (Å²) in [5.74, 6) is 0. The van der Waals surface area contributed by atoms with E-state index in [9.17, 15) is 0 Å². The van der Waals surface area contributed by atoms with E-state index < -0.39 is 0 Å². The van der Waals surface area contributed by atoms with Crippen molar-refractivity contribution in [2.24, 2.45) is 5.41 Å². The third-order valence-corrected chi connectivity index (χ3v) is 3.93. The van der Waals surface area contributed by atoms with Crippen LogP contribution in [-0.4, -0.2) is 6.04 Å². The number of hydrogen-bond donors (Lipinski definition) is 3. The Bertz CT molecular complexity index is 398. The van der Waals surface area contributed by atoms with Gasteiger partial charge in [0.15, 0.2) is 0 Å². The van der Waals surface area contributed by atoms with E-state index in [4.69, 9.17) is 11.5 Å². The van der Waals surface area contributed by atoms with Gasteiger partial charge < -0.3 is 16.8 Å². The van der Waals surface area contributed by atoms with Gasteiger partial charge in [-0.05, 0) is 36.5 Å². The molecule has 1 saturated carbocycles. The van der Waals surface area contributed by atoms with Crippen LogP contribution in [0.25, 0.3) is 0 Å². The highest BCUT2D eigenvalue weighted by Gasteiger charge is 2.31. The van der Waals surface area contributed by atoms with Gasteiger partial charge in [-0.15, -0.1) is 0 Å². The number of nitrogens with one attached hydrogen (secondary N) is 1. The number of nitrogen functional groups attached to an aromatic ring is 2. The molecule has 3 nitrogen and oxygen atoms in total. The van der Waals surface area contributed by atoms with Crippen molar-refractivity contribution in [1.29, 1.82) is 0 Å². The summed E-state index contributed by atoms with van der Waals surface area (Å²) in [4.78, 5) is 0. The Morgan fingerprint density at radius 1 is 1.18 bits per heavy atom. The summed E-state index contributed by atoms with van der Waals surface area (Å²) < 4.78 is 0. The topological polar surface area (TPSA) is 64.1 Å². The van der Waals surface area contributed by atoms with Crippen molar-refractivity contribution < 1.29 is 0 Å². The van der Waals surface area contributed by atoms with Gasteiger partial charge in [-0.1, -0.05) is 26.7 Å². The average Bonchev–Trinajstić information content (AvgIpc) is 2.26. The van der Waals surface area contributed by atoms with Gasteiger partial charge in [0.1, 0.15) is 0 Å². The first-order valence-corrected chi connectivity index (χ1v) is 6.40. The summed E-state index contributed by atoms with van der Waals surface area (Å²) in [5, 5.41) is 3.60. The molecular formula is C14H23N3. The molecule has 0 aliphatic heterocycles. The molecule has 1 aromatic rings. The maximum Gasteiger partial charge on any atom is 0.0568 e. The summed E-state index contributed by atoms with van der Waals surface area (Å²) in [6, 6.07) is 6.34. The van der Waals surface area contributed by atoms with Crippen molar-refractivity contribution in [3.63, 3.8) is 0 Å². The van der Waals surface area contributed by atoms with Crippen LogP contribution in [0.5, 0.6) is 0 Å². The molecule has 0 saturated heterocycles. The van der Waals surface area contributed by atoms with E-state index >= 15 is 0 Å². The zero-order chi connectivity index (χ0) is 12.5. The lowest BCUT2D eigenvalue weighted by Gasteiger charge is -2.39. The SMILES string of the molecule is CC1(C)CCCCC1Nc1ccc(N)c(N)c1. The van der Waals surface area contributed by atoms with Crippen molar-refractivity contribution in [2.45, 2.75) is 45.6 Å². The van der Waals surface area contributed by atoms with Gasteiger partial charge in [0.05, 0.1) is 11.4 Å². The monoisotopic (exact) mass is 233 g/mol. The predicted molar refractivity (Wildman–Crippen MR) is 74.9 cm³/mol. The highest BCUT2D eigenvalue weighted by atomic mass is 14.9. The lowest BCUT2D eigenvalue weighted by Crippen LogP contribution is -2.38. The fourth-order valence-corrected chi connectivity index (χ4v) is 2.63. The minimum absolute atomic E-state index is 0.356. The molecule has 17 heavy (non-hydrogen) atoms. The van der Waals surface area contributed by atoms with Gasteiger partial charge >= 0.3 is 0 Å². The van der Waals surface area contributed by atoms with E-state index in [-0.39, 0.29) is 0 Å². The third kappa shape index (κ3) is 2.65. The average molecular weight is 233 g/mol. The Morgan fingerprint density at radius 3 is 2.59 bits per heavy atom. The molecule has 1 atom stereocenters. The van der Waals surface area contributed by atoms with E-state index in [1.165, 1.54) is 25.7 Å². The fourth-order valence-electron chi connectivity index (χ4n) is 2.63. The predicted octanol–water partition coefficient (Wildman–Crippen LogP) is 3.23. The first-order valence-electron chi connectivity index (χ1n) is 6.40. The van der Waals surface area contributed by atoms with Crippen LogP contribution in [-0.2, 0) is 0 Å². The number of benzene rings is 1. The highest BCUT2D eigenvalue weighted by Crippen LogP contribution is 2.37. The zero-order valence-corrected chi connectivity index (χ0v) is 10.8. The minimum atomic E-state index is 0.356. The van der Waals surface area contributed by atoms with Gasteiger partial charge in [-0.25, -0.2) is 0 Å². The van der Waals surface area contributed by atoms with Crippen LogP contribution in [0, 0.1) is 5.41 Å². The molecule has 5 N–H and O–H groups in total. The molecule has 0 aromatic heterocycles. The van der Waals surface area contributed by atoms with Crippen LogP contribution in [0.1, 0.15) is 39.5 Å². The molecule has 1 fully saturated rings. The van der Waals surface area contributed by atoms with Crippen molar-refractivity contribution in [1.82, 2.24) is 0 Å². The Morgan fingerprint density at radius 2 is 1.94 bits per heavy atom. The molecule has 94 valence electrons. The van der Waals surface area contributed by atoms with Crippen molar-refractivity contribution in [3.05, 3.63) is 18.2 Å². The number of anilines is 3. The van der Waals surface area contributed by atoms with Gasteiger partial charge in [-0.2, -0.15) is 0 Å². The molecule has 1 aromatic carbocycles. The van der Waals surface area contributed by atoms with E-state index in [1.807, 2.05) is 18.2 Å². The lowest BCUT2D eigenvalue weighted by atomic mass is 9.73. The molecular weight excluding hydrogens is 210 g/mol. The van der Waals surface area contributed by atoms with Gasteiger partial charge in [0.25, 0.3) is 0 Å². The molecule has 0 heterocycles. The molecule has 1 aliphatic rings. The van der Waals surface area contributed by atoms with Gasteiger partial charge in [-0.3, -0.25) is 0 Å². The summed E-state index contributed by atoms with van der Waals surface area (Å²) in [6.07, 6.45) is 5.17. The van der Waals surface area contributed by atoms with Crippen molar-refractivity contribution >= 4 is 17.1 Å². The quantitative estimate of drug-likeness (QED) is 0.687. The Kier molecular flexibility index (Phi) is 3.18. The standard InChI is InChI=1S/C14H23N3/c1-14(2)8-4-3-5-13(14)17-10-6-7-11(15)12(16)9-10/h6-7,9,13,17H,3-5,8,15-16H2,1-2H3. The second-order valence-electron chi connectivity index (χ2n) is 5.77. The van der Waals surface area contributed by atoms with E-state index in [0.29, 0.717) is 22.8 Å². The zero-order valence-electron chi connectivity index (χ0n) is 10.8. The first-order chi connectivity index (χ1) is 7.99. The number of rotatable bonds is 2. The van der Waals surface area contributed by atoms with E-state index in [0.717, 1.165) is 5.69 Å². The smallest absolute Gasteiger partial charge is 0.0568 e. The Hall–Kier alpha value is -1.38. The van der Waals surface area contributed by atoms with Crippen LogP contribution < -0.4 is 16.8 Å². The maximum absolute atomic E-state index is 5.83. The van der Waals surface area contributed by atoms with Crippen LogP contribution in [0.15, 0.2) is 18.2 Å². The van der Waals surface area contributed by atoms with Crippen molar-refractivity contribution in [3.8, 4) is 0 Å². The maximum atomic E-state index is 5.83. The normalized spacial score (nSPS) is 23.3. The molecule has 0 spiro atoms. The molecule has 0 amide bonds. The van der Waals surface area contributed by atoms with Crippen LogP contribution in [0.4, 0.5) is 17.1 Å². The lowest BCUT2D eigenvalue weighted by molar-refractivity contribution is 0.217. The summed E-state index contributed by atoms with van der Waals surface area (Å²) in [6.45, 7) is 4.68. The first kappa shape index (κ1) is 12.1. The molecule has 1 unspecified atom stereocenters. The third-order valence-electron chi connectivity index (χ3n) is 3.93. The Labute approximate surface area is 104 Å². The van der Waals surface area contributed by atoms with Crippen LogP contribution in [0.2, 0.25) is 0 Å². The van der Waals surface area contributed by atoms with E-state index in [2.05, 4.69) is 19.2 Å².